The van der Waals surface area contributed by atoms with Gasteiger partial charge in [-0.2, -0.15) is 0 Å². The van der Waals surface area contributed by atoms with Gasteiger partial charge in [0.1, 0.15) is 0 Å². The Morgan fingerprint density at radius 2 is 2.31 bits per heavy atom. The van der Waals surface area contributed by atoms with E-state index in [1.807, 2.05) is 0 Å². The highest BCUT2D eigenvalue weighted by molar-refractivity contribution is 9.10. The number of benzene rings is 1. The van der Waals surface area contributed by atoms with Gasteiger partial charge in [-0.15, -0.1) is 0 Å². The van der Waals surface area contributed by atoms with Gasteiger partial charge < -0.3 is 10.0 Å². The number of carbonyl (C=O) groups excluding carboxylic acids is 1. The van der Waals surface area contributed by atoms with Gasteiger partial charge in [0, 0.05) is 23.1 Å². The fourth-order valence-corrected chi connectivity index (χ4v) is 2.23. The van der Waals surface area contributed by atoms with E-state index in [0.29, 0.717) is 34.6 Å². The number of aliphatic hydroxyl groups excluding tert-OH is 1. The van der Waals surface area contributed by atoms with Gasteiger partial charge in [-0.3, -0.25) is 4.79 Å². The van der Waals surface area contributed by atoms with Crippen LogP contribution in [0.2, 0.25) is 5.02 Å². The Hall–Kier alpha value is -0.580. The zero-order valence-corrected chi connectivity index (χ0v) is 10.8. The summed E-state index contributed by atoms with van der Waals surface area (Å²) >= 11 is 9.14. The van der Waals surface area contributed by atoms with Gasteiger partial charge in [-0.25, -0.2) is 0 Å². The molecule has 2 rings (SSSR count). The number of hydrogen-bond donors (Lipinski definition) is 1. The summed E-state index contributed by atoms with van der Waals surface area (Å²) in [6.45, 7) is 1.03. The monoisotopic (exact) mass is 303 g/mol. The van der Waals surface area contributed by atoms with Gasteiger partial charge in [0.05, 0.1) is 11.1 Å². The first-order valence-electron chi connectivity index (χ1n) is 5.00. The molecule has 1 aromatic rings. The first-order chi connectivity index (χ1) is 7.58. The van der Waals surface area contributed by atoms with Crippen molar-refractivity contribution in [3.8, 4) is 0 Å². The maximum Gasteiger partial charge on any atom is 0.253 e. The van der Waals surface area contributed by atoms with Gasteiger partial charge in [-0.05, 0) is 40.5 Å². The zero-order valence-electron chi connectivity index (χ0n) is 8.49. The molecule has 0 spiro atoms. The number of amides is 1. The van der Waals surface area contributed by atoms with E-state index < -0.39 is 0 Å². The molecule has 1 aromatic carbocycles. The Labute approximate surface area is 107 Å². The molecule has 1 aliphatic heterocycles. The van der Waals surface area contributed by atoms with Crippen molar-refractivity contribution in [2.24, 2.45) is 0 Å². The molecular formula is C11H11BrClNO2. The summed E-state index contributed by atoms with van der Waals surface area (Å²) in [7, 11) is 0. The zero-order chi connectivity index (χ0) is 11.7. The van der Waals surface area contributed by atoms with E-state index in [2.05, 4.69) is 15.9 Å². The molecule has 0 unspecified atom stereocenters. The standard InChI is InChI=1S/C11H11BrClNO2/c12-9-5-7(1-2-10(9)13)11(16)14-4-3-8(15)6-14/h1-2,5,8,15H,3-4,6H2/t8-/m0/s1. The van der Waals surface area contributed by atoms with E-state index in [0.717, 1.165) is 0 Å². The number of carbonyl (C=O) groups is 1. The summed E-state index contributed by atoms with van der Waals surface area (Å²) in [5.74, 6) is -0.0612. The molecule has 1 aliphatic rings. The van der Waals surface area contributed by atoms with Crippen LogP contribution in [0.15, 0.2) is 22.7 Å². The molecule has 16 heavy (non-hydrogen) atoms. The smallest absolute Gasteiger partial charge is 0.253 e. The molecule has 1 saturated heterocycles. The molecule has 1 heterocycles. The van der Waals surface area contributed by atoms with Crippen LogP contribution in [0.3, 0.4) is 0 Å². The number of hydrogen-bond acceptors (Lipinski definition) is 2. The lowest BCUT2D eigenvalue weighted by molar-refractivity contribution is 0.0765. The van der Waals surface area contributed by atoms with Crippen molar-refractivity contribution < 1.29 is 9.90 Å². The first kappa shape index (κ1) is 11.9. The molecule has 0 radical (unpaired) electrons. The second kappa shape index (κ2) is 4.73. The minimum atomic E-state index is -0.389. The first-order valence-corrected chi connectivity index (χ1v) is 6.17. The molecule has 0 aromatic heterocycles. The van der Waals surface area contributed by atoms with E-state index in [1.54, 1.807) is 23.1 Å². The van der Waals surface area contributed by atoms with Crippen molar-refractivity contribution >= 4 is 33.4 Å². The summed E-state index contributed by atoms with van der Waals surface area (Å²) in [5.41, 5.74) is 0.588. The predicted octanol–water partition coefficient (Wildman–Crippen LogP) is 2.31. The lowest BCUT2D eigenvalue weighted by Gasteiger charge is -2.15. The molecule has 0 bridgehead atoms. The van der Waals surface area contributed by atoms with Crippen LogP contribution in [0, 0.1) is 0 Å². The lowest BCUT2D eigenvalue weighted by atomic mass is 10.2. The summed E-state index contributed by atoms with van der Waals surface area (Å²) < 4.78 is 0.708. The van der Waals surface area contributed by atoms with Crippen molar-refractivity contribution in [2.75, 3.05) is 13.1 Å². The van der Waals surface area contributed by atoms with Crippen LogP contribution in [-0.4, -0.2) is 35.1 Å². The van der Waals surface area contributed by atoms with Crippen LogP contribution < -0.4 is 0 Å². The third-order valence-electron chi connectivity index (χ3n) is 2.62. The second-order valence-electron chi connectivity index (χ2n) is 3.82. The number of rotatable bonds is 1. The summed E-state index contributed by atoms with van der Waals surface area (Å²) in [6.07, 6.45) is 0.264. The van der Waals surface area contributed by atoms with Crippen LogP contribution in [0.4, 0.5) is 0 Å². The third kappa shape index (κ3) is 2.39. The van der Waals surface area contributed by atoms with Crippen LogP contribution in [-0.2, 0) is 0 Å². The topological polar surface area (TPSA) is 40.5 Å². The Bertz CT molecular complexity index is 424. The van der Waals surface area contributed by atoms with Gasteiger partial charge in [0.15, 0.2) is 0 Å². The summed E-state index contributed by atoms with van der Waals surface area (Å²) in [6, 6.07) is 5.08. The van der Waals surface area contributed by atoms with Crippen LogP contribution in [0.5, 0.6) is 0 Å². The van der Waals surface area contributed by atoms with E-state index >= 15 is 0 Å². The van der Waals surface area contributed by atoms with Crippen molar-refractivity contribution in [1.82, 2.24) is 4.90 Å². The van der Waals surface area contributed by atoms with Crippen molar-refractivity contribution in [3.63, 3.8) is 0 Å². The molecule has 5 heteroatoms. The maximum atomic E-state index is 12.0. The quantitative estimate of drug-likeness (QED) is 0.865. The molecule has 3 nitrogen and oxygen atoms in total. The maximum absolute atomic E-state index is 12.0. The Kier molecular flexibility index (Phi) is 3.52. The Morgan fingerprint density at radius 3 is 2.88 bits per heavy atom. The van der Waals surface area contributed by atoms with Crippen molar-refractivity contribution in [1.29, 1.82) is 0 Å². The Balaban J connectivity index is 2.18. The van der Waals surface area contributed by atoms with Gasteiger partial charge in [0.25, 0.3) is 5.91 Å². The van der Waals surface area contributed by atoms with Crippen molar-refractivity contribution in [3.05, 3.63) is 33.3 Å². The van der Waals surface area contributed by atoms with Crippen LogP contribution >= 0.6 is 27.5 Å². The molecular weight excluding hydrogens is 293 g/mol. The van der Waals surface area contributed by atoms with E-state index in [9.17, 15) is 9.90 Å². The number of β-amino-alcohol motifs (C(OH)–C–C–N with tert-alkyl or cyclic N) is 1. The van der Waals surface area contributed by atoms with Gasteiger partial charge >= 0.3 is 0 Å². The highest BCUT2D eigenvalue weighted by atomic mass is 79.9. The average Bonchev–Trinajstić information content (AvgIpc) is 2.68. The molecule has 1 fully saturated rings. The number of likely N-dealkylation sites (tertiary alicyclic amines) is 1. The predicted molar refractivity (Wildman–Crippen MR) is 65.7 cm³/mol. The lowest BCUT2D eigenvalue weighted by Crippen LogP contribution is -2.29. The number of aliphatic hydroxyl groups is 1. The molecule has 1 N–H and O–H groups in total. The average molecular weight is 305 g/mol. The van der Waals surface area contributed by atoms with Crippen molar-refractivity contribution in [2.45, 2.75) is 12.5 Å². The normalized spacial score (nSPS) is 20.2. The fourth-order valence-electron chi connectivity index (χ4n) is 1.74. The van der Waals surface area contributed by atoms with E-state index in [-0.39, 0.29) is 12.0 Å². The molecule has 86 valence electrons. The SMILES string of the molecule is O=C(c1ccc(Cl)c(Br)c1)N1CC[C@H](O)C1. The summed E-state index contributed by atoms with van der Waals surface area (Å²) in [4.78, 5) is 13.7. The molecule has 1 amide bonds. The number of halogens is 2. The minimum absolute atomic E-state index is 0.0612. The van der Waals surface area contributed by atoms with Crippen LogP contribution in [0.1, 0.15) is 16.8 Å². The highest BCUT2D eigenvalue weighted by Crippen LogP contribution is 2.24. The van der Waals surface area contributed by atoms with Gasteiger partial charge in [0.2, 0.25) is 0 Å². The number of nitrogens with zero attached hydrogens (tertiary/aromatic N) is 1. The van der Waals surface area contributed by atoms with Gasteiger partial charge in [-0.1, -0.05) is 11.6 Å². The summed E-state index contributed by atoms with van der Waals surface area (Å²) in [5, 5.41) is 9.95. The molecule has 0 aliphatic carbocycles. The molecule has 1 atom stereocenters. The van der Waals surface area contributed by atoms with Crippen LogP contribution in [0.25, 0.3) is 0 Å². The fraction of sp³-hybridized carbons (Fsp3) is 0.364. The largest absolute Gasteiger partial charge is 0.391 e. The Morgan fingerprint density at radius 1 is 1.56 bits per heavy atom. The van der Waals surface area contributed by atoms with E-state index in [4.69, 9.17) is 11.6 Å². The minimum Gasteiger partial charge on any atom is -0.391 e. The highest BCUT2D eigenvalue weighted by Gasteiger charge is 2.25. The molecule has 0 saturated carbocycles. The third-order valence-corrected chi connectivity index (χ3v) is 3.83. The van der Waals surface area contributed by atoms with E-state index in [1.165, 1.54) is 0 Å². The second-order valence-corrected chi connectivity index (χ2v) is 5.08.